The number of benzene rings is 2. The van der Waals surface area contributed by atoms with Crippen LogP contribution in [0.2, 0.25) is 0 Å². The van der Waals surface area contributed by atoms with Crippen LogP contribution in [0, 0.1) is 10.1 Å². The molecule has 2 aromatic carbocycles. The summed E-state index contributed by atoms with van der Waals surface area (Å²) in [6.45, 7) is 0.383. The van der Waals surface area contributed by atoms with E-state index >= 15 is 0 Å². The lowest BCUT2D eigenvalue weighted by Gasteiger charge is -2.06. The van der Waals surface area contributed by atoms with E-state index in [0.717, 1.165) is 16.1 Å². The number of nitrogens with one attached hydrogen (secondary N) is 1. The van der Waals surface area contributed by atoms with E-state index in [1.165, 1.54) is 24.3 Å². The number of hydrogen-bond acceptors (Lipinski definition) is 5. The third-order valence-electron chi connectivity index (χ3n) is 3.43. The number of thiazole rings is 1. The lowest BCUT2D eigenvalue weighted by molar-refractivity contribution is -0.384. The summed E-state index contributed by atoms with van der Waals surface area (Å²) in [6, 6.07) is 13.3. The molecule has 1 N–H and O–H groups in total. The van der Waals surface area contributed by atoms with Crippen molar-refractivity contribution in [1.29, 1.82) is 0 Å². The number of hydrogen-bond donors (Lipinski definition) is 1. The number of rotatable bonds is 5. The van der Waals surface area contributed by atoms with Gasteiger partial charge in [0.2, 0.25) is 0 Å². The van der Waals surface area contributed by atoms with Gasteiger partial charge in [-0.05, 0) is 17.7 Å². The summed E-state index contributed by atoms with van der Waals surface area (Å²) in [5.74, 6) is -0.270. The van der Waals surface area contributed by atoms with Crippen molar-refractivity contribution in [2.75, 3.05) is 0 Å². The first kappa shape index (κ1) is 15.8. The van der Waals surface area contributed by atoms with E-state index in [0.29, 0.717) is 12.1 Å². The van der Waals surface area contributed by atoms with E-state index in [9.17, 15) is 14.9 Å². The second-order valence-corrected chi connectivity index (χ2v) is 5.92. The molecule has 1 amide bonds. The molecule has 0 radical (unpaired) electrons. The standard InChI is InChI=1S/C17H13N3O3S/c21-16(13-5-7-15(8-6-13)20(22)23)19-11-12-1-3-14(4-2-12)17-18-9-10-24-17/h1-10H,11H2,(H,19,21). The van der Waals surface area contributed by atoms with E-state index in [2.05, 4.69) is 10.3 Å². The van der Waals surface area contributed by atoms with Crippen LogP contribution in [0.15, 0.2) is 60.1 Å². The largest absolute Gasteiger partial charge is 0.348 e. The maximum atomic E-state index is 12.1. The van der Waals surface area contributed by atoms with E-state index < -0.39 is 4.92 Å². The highest BCUT2D eigenvalue weighted by Crippen LogP contribution is 2.21. The van der Waals surface area contributed by atoms with Gasteiger partial charge in [-0.2, -0.15) is 0 Å². The fourth-order valence-corrected chi connectivity index (χ4v) is 2.79. The lowest BCUT2D eigenvalue weighted by atomic mass is 10.1. The molecule has 0 atom stereocenters. The number of carbonyl (C=O) groups excluding carboxylic acids is 1. The number of nitrogens with zero attached hydrogens (tertiary/aromatic N) is 2. The number of non-ortho nitro benzene ring substituents is 1. The Morgan fingerprint density at radius 1 is 1.12 bits per heavy atom. The third kappa shape index (κ3) is 3.64. The molecular weight excluding hydrogens is 326 g/mol. The molecule has 3 rings (SSSR count). The molecule has 0 fully saturated rings. The van der Waals surface area contributed by atoms with Gasteiger partial charge in [0.1, 0.15) is 5.01 Å². The number of amides is 1. The van der Waals surface area contributed by atoms with Gasteiger partial charge in [-0.3, -0.25) is 14.9 Å². The molecule has 1 aromatic heterocycles. The van der Waals surface area contributed by atoms with Crippen molar-refractivity contribution in [3.05, 3.63) is 81.3 Å². The molecule has 0 saturated heterocycles. The van der Waals surface area contributed by atoms with Crippen LogP contribution in [0.25, 0.3) is 10.6 Å². The zero-order valence-electron chi connectivity index (χ0n) is 12.5. The Labute approximate surface area is 141 Å². The molecule has 0 saturated carbocycles. The Hall–Kier alpha value is -3.06. The average Bonchev–Trinajstić information content (AvgIpc) is 3.15. The fraction of sp³-hybridized carbons (Fsp3) is 0.0588. The summed E-state index contributed by atoms with van der Waals surface area (Å²) in [5.41, 5.74) is 2.35. The van der Waals surface area contributed by atoms with Crippen molar-refractivity contribution < 1.29 is 9.72 Å². The maximum Gasteiger partial charge on any atom is 0.269 e. The zero-order chi connectivity index (χ0) is 16.9. The Balaban J connectivity index is 1.60. The van der Waals surface area contributed by atoms with Crippen LogP contribution in [-0.2, 0) is 6.54 Å². The van der Waals surface area contributed by atoms with Gasteiger partial charge in [-0.15, -0.1) is 11.3 Å². The zero-order valence-corrected chi connectivity index (χ0v) is 13.3. The number of nitro benzene ring substituents is 1. The van der Waals surface area contributed by atoms with Crippen molar-refractivity contribution in [3.63, 3.8) is 0 Å². The van der Waals surface area contributed by atoms with Gasteiger partial charge >= 0.3 is 0 Å². The smallest absolute Gasteiger partial charge is 0.269 e. The topological polar surface area (TPSA) is 85.1 Å². The molecule has 6 nitrogen and oxygen atoms in total. The number of aromatic nitrogens is 1. The Kier molecular flexibility index (Phi) is 4.62. The normalized spacial score (nSPS) is 10.3. The van der Waals surface area contributed by atoms with Crippen LogP contribution in [0.3, 0.4) is 0 Å². The van der Waals surface area contributed by atoms with Gasteiger partial charge in [0.25, 0.3) is 11.6 Å². The molecule has 24 heavy (non-hydrogen) atoms. The van der Waals surface area contributed by atoms with Gasteiger partial charge in [0, 0.05) is 41.4 Å². The van der Waals surface area contributed by atoms with Gasteiger partial charge in [-0.1, -0.05) is 24.3 Å². The fourth-order valence-electron chi connectivity index (χ4n) is 2.15. The Morgan fingerprint density at radius 2 is 1.83 bits per heavy atom. The SMILES string of the molecule is O=C(NCc1ccc(-c2nccs2)cc1)c1ccc([N+](=O)[O-])cc1. The van der Waals surface area contributed by atoms with Crippen molar-refractivity contribution in [3.8, 4) is 10.6 Å². The molecular formula is C17H13N3O3S. The van der Waals surface area contributed by atoms with Crippen LogP contribution in [0.4, 0.5) is 5.69 Å². The molecule has 0 unspecified atom stereocenters. The van der Waals surface area contributed by atoms with Gasteiger partial charge in [0.05, 0.1) is 4.92 Å². The molecule has 7 heteroatoms. The maximum absolute atomic E-state index is 12.1. The van der Waals surface area contributed by atoms with Crippen molar-refractivity contribution >= 4 is 22.9 Å². The first-order valence-electron chi connectivity index (χ1n) is 7.15. The van der Waals surface area contributed by atoms with E-state index in [-0.39, 0.29) is 11.6 Å². The minimum absolute atomic E-state index is 0.0377. The van der Waals surface area contributed by atoms with Crippen LogP contribution < -0.4 is 5.32 Å². The molecule has 120 valence electrons. The van der Waals surface area contributed by atoms with Gasteiger partial charge in [-0.25, -0.2) is 4.98 Å². The number of carbonyl (C=O) groups is 1. The molecule has 0 bridgehead atoms. The molecule has 0 aliphatic rings. The highest BCUT2D eigenvalue weighted by Gasteiger charge is 2.09. The van der Waals surface area contributed by atoms with E-state index in [1.807, 2.05) is 29.6 Å². The summed E-state index contributed by atoms with van der Waals surface area (Å²) in [4.78, 5) is 26.4. The first-order valence-corrected chi connectivity index (χ1v) is 8.03. The van der Waals surface area contributed by atoms with Crippen LogP contribution in [-0.4, -0.2) is 15.8 Å². The van der Waals surface area contributed by atoms with E-state index in [1.54, 1.807) is 17.5 Å². The summed E-state index contributed by atoms with van der Waals surface area (Å²) < 4.78 is 0. The summed E-state index contributed by atoms with van der Waals surface area (Å²) >= 11 is 1.57. The summed E-state index contributed by atoms with van der Waals surface area (Å²) in [7, 11) is 0. The predicted molar refractivity (Wildman–Crippen MR) is 91.8 cm³/mol. The van der Waals surface area contributed by atoms with Crippen molar-refractivity contribution in [2.45, 2.75) is 6.54 Å². The lowest BCUT2D eigenvalue weighted by Crippen LogP contribution is -2.22. The van der Waals surface area contributed by atoms with Crippen LogP contribution >= 0.6 is 11.3 Å². The molecule has 0 aliphatic heterocycles. The molecule has 3 aromatic rings. The van der Waals surface area contributed by atoms with Crippen LogP contribution in [0.1, 0.15) is 15.9 Å². The average molecular weight is 339 g/mol. The summed E-state index contributed by atoms with van der Waals surface area (Å²) in [6.07, 6.45) is 1.76. The Morgan fingerprint density at radius 3 is 2.42 bits per heavy atom. The number of nitro groups is 1. The van der Waals surface area contributed by atoms with Crippen molar-refractivity contribution in [1.82, 2.24) is 10.3 Å². The monoisotopic (exact) mass is 339 g/mol. The molecule has 0 aliphatic carbocycles. The van der Waals surface area contributed by atoms with Crippen molar-refractivity contribution in [2.24, 2.45) is 0 Å². The van der Waals surface area contributed by atoms with Gasteiger partial charge < -0.3 is 5.32 Å². The van der Waals surface area contributed by atoms with Crippen LogP contribution in [0.5, 0.6) is 0 Å². The van der Waals surface area contributed by atoms with Gasteiger partial charge in [0.15, 0.2) is 0 Å². The second-order valence-electron chi connectivity index (χ2n) is 5.02. The highest BCUT2D eigenvalue weighted by atomic mass is 32.1. The molecule has 0 spiro atoms. The predicted octanol–water partition coefficient (Wildman–Crippen LogP) is 3.65. The third-order valence-corrected chi connectivity index (χ3v) is 4.25. The minimum Gasteiger partial charge on any atom is -0.348 e. The first-order chi connectivity index (χ1) is 11.6. The summed E-state index contributed by atoms with van der Waals surface area (Å²) in [5, 5.41) is 16.3. The quantitative estimate of drug-likeness (QED) is 0.568. The highest BCUT2D eigenvalue weighted by molar-refractivity contribution is 7.13. The minimum atomic E-state index is -0.494. The Bertz CT molecular complexity index is 844. The molecule has 1 heterocycles. The van der Waals surface area contributed by atoms with E-state index in [4.69, 9.17) is 0 Å². The second kappa shape index (κ2) is 7.01.